The summed E-state index contributed by atoms with van der Waals surface area (Å²) in [5, 5.41) is 3.10. The molecule has 2 aromatic carbocycles. The van der Waals surface area contributed by atoms with Gasteiger partial charge >= 0.3 is 0 Å². The van der Waals surface area contributed by atoms with Crippen LogP contribution >= 0.6 is 15.9 Å². The molecule has 0 aliphatic rings. The zero-order valence-corrected chi connectivity index (χ0v) is 16.0. The average molecular weight is 436 g/mol. The van der Waals surface area contributed by atoms with Gasteiger partial charge in [-0.1, -0.05) is 22.0 Å². The number of fused-ring (bicyclic) bond motifs is 1. The maximum atomic E-state index is 13.8. The van der Waals surface area contributed by atoms with E-state index < -0.39 is 17.7 Å². The Kier molecular flexibility index (Phi) is 5.65. The van der Waals surface area contributed by atoms with Gasteiger partial charge in [-0.2, -0.15) is 0 Å². The highest BCUT2D eigenvalue weighted by Gasteiger charge is 2.14. The van der Waals surface area contributed by atoms with Gasteiger partial charge in [-0.05, 0) is 31.2 Å². The van der Waals surface area contributed by atoms with Crippen LogP contribution in [0.15, 0.2) is 52.0 Å². The molecule has 0 bridgehead atoms. The third-order valence-corrected chi connectivity index (χ3v) is 4.67. The molecule has 1 unspecified atom stereocenters. The first kappa shape index (κ1) is 19.2. The van der Waals surface area contributed by atoms with Crippen molar-refractivity contribution in [2.24, 2.45) is 0 Å². The normalized spacial score (nSPS) is 12.1. The highest BCUT2D eigenvalue weighted by atomic mass is 79.9. The number of hydrogen-bond acceptors (Lipinski definition) is 3. The summed E-state index contributed by atoms with van der Waals surface area (Å²) in [5.41, 5.74) is 0.523. The highest BCUT2D eigenvalue weighted by Crippen LogP contribution is 2.18. The summed E-state index contributed by atoms with van der Waals surface area (Å²) < 4.78 is 28.9. The monoisotopic (exact) mass is 435 g/mol. The van der Waals surface area contributed by atoms with Gasteiger partial charge in [0.05, 0.1) is 23.3 Å². The molecular weight excluding hydrogens is 420 g/mol. The summed E-state index contributed by atoms with van der Waals surface area (Å²) in [5.74, 6) is -1.75. The van der Waals surface area contributed by atoms with Gasteiger partial charge in [0.2, 0.25) is 5.91 Å². The molecule has 1 aromatic heterocycles. The molecule has 0 aliphatic heterocycles. The Morgan fingerprint density at radius 1 is 1.26 bits per heavy atom. The standard InChI is InChI=1S/C19H16BrF2N3O2/c1-11(14-4-3-13(21)9-16(14)22)24-18(26)6-7-25-10-23-17-5-2-12(20)8-15(17)19(25)27/h2-5,8-11H,6-7H2,1H3,(H,24,26). The number of amides is 1. The van der Waals surface area contributed by atoms with Crippen molar-refractivity contribution in [2.75, 3.05) is 0 Å². The van der Waals surface area contributed by atoms with Crippen LogP contribution in [0.5, 0.6) is 0 Å². The fraction of sp³-hybridized carbons (Fsp3) is 0.211. The molecule has 1 atom stereocenters. The van der Waals surface area contributed by atoms with E-state index >= 15 is 0 Å². The maximum absolute atomic E-state index is 13.8. The third-order valence-electron chi connectivity index (χ3n) is 4.17. The van der Waals surface area contributed by atoms with Crippen LogP contribution in [0.3, 0.4) is 0 Å². The third kappa shape index (κ3) is 4.39. The minimum absolute atomic E-state index is 0.0221. The summed E-state index contributed by atoms with van der Waals surface area (Å²) in [7, 11) is 0. The van der Waals surface area contributed by atoms with Crippen molar-refractivity contribution in [1.29, 1.82) is 0 Å². The van der Waals surface area contributed by atoms with Crippen molar-refractivity contribution in [3.8, 4) is 0 Å². The predicted octanol–water partition coefficient (Wildman–Crippen LogP) is 3.70. The number of carbonyl (C=O) groups is 1. The van der Waals surface area contributed by atoms with Crippen molar-refractivity contribution in [2.45, 2.75) is 25.9 Å². The predicted molar refractivity (Wildman–Crippen MR) is 101 cm³/mol. The molecule has 27 heavy (non-hydrogen) atoms. The van der Waals surface area contributed by atoms with Crippen molar-refractivity contribution in [3.05, 3.63) is 74.7 Å². The van der Waals surface area contributed by atoms with Crippen LogP contribution in [0.4, 0.5) is 8.78 Å². The second kappa shape index (κ2) is 7.96. The van der Waals surface area contributed by atoms with Crippen molar-refractivity contribution in [1.82, 2.24) is 14.9 Å². The summed E-state index contributed by atoms with van der Waals surface area (Å²) in [4.78, 5) is 28.9. The van der Waals surface area contributed by atoms with Gasteiger partial charge in [0.1, 0.15) is 11.6 Å². The molecule has 0 aliphatic carbocycles. The first-order valence-electron chi connectivity index (χ1n) is 8.24. The molecule has 0 saturated heterocycles. The Morgan fingerprint density at radius 3 is 2.78 bits per heavy atom. The average Bonchev–Trinajstić information content (AvgIpc) is 2.61. The molecule has 140 valence electrons. The number of nitrogens with one attached hydrogen (secondary N) is 1. The molecule has 8 heteroatoms. The molecule has 0 radical (unpaired) electrons. The number of hydrogen-bond donors (Lipinski definition) is 1. The Bertz CT molecular complexity index is 1070. The zero-order chi connectivity index (χ0) is 19.6. The number of carbonyl (C=O) groups excluding carboxylic acids is 1. The fourth-order valence-electron chi connectivity index (χ4n) is 2.76. The number of aryl methyl sites for hydroxylation is 1. The van der Waals surface area contributed by atoms with Crippen LogP contribution in [0.2, 0.25) is 0 Å². The molecule has 0 saturated carbocycles. The Hall–Kier alpha value is -2.61. The van der Waals surface area contributed by atoms with Gasteiger partial charge in [-0.25, -0.2) is 13.8 Å². The molecule has 0 fully saturated rings. The van der Waals surface area contributed by atoms with E-state index in [2.05, 4.69) is 26.2 Å². The second-order valence-corrected chi connectivity index (χ2v) is 7.03. The summed E-state index contributed by atoms with van der Waals surface area (Å²) in [6.45, 7) is 1.74. The summed E-state index contributed by atoms with van der Waals surface area (Å²) >= 11 is 3.32. The highest BCUT2D eigenvalue weighted by molar-refractivity contribution is 9.10. The van der Waals surface area contributed by atoms with E-state index in [1.807, 2.05) is 0 Å². The summed E-state index contributed by atoms with van der Waals surface area (Å²) in [6.07, 6.45) is 1.42. The number of benzene rings is 2. The second-order valence-electron chi connectivity index (χ2n) is 6.11. The minimum atomic E-state index is -0.719. The lowest BCUT2D eigenvalue weighted by Gasteiger charge is -2.15. The zero-order valence-electron chi connectivity index (χ0n) is 14.4. The number of halogens is 3. The SMILES string of the molecule is CC(NC(=O)CCn1cnc2ccc(Br)cc2c1=O)c1ccc(F)cc1F. The van der Waals surface area contributed by atoms with Crippen LogP contribution in [-0.2, 0) is 11.3 Å². The van der Waals surface area contributed by atoms with Crippen molar-refractivity contribution < 1.29 is 13.6 Å². The Morgan fingerprint density at radius 2 is 2.04 bits per heavy atom. The van der Waals surface area contributed by atoms with E-state index in [-0.39, 0.29) is 30.0 Å². The van der Waals surface area contributed by atoms with E-state index in [9.17, 15) is 18.4 Å². The Balaban J connectivity index is 1.68. The molecule has 3 aromatic rings. The van der Waals surface area contributed by atoms with Gasteiger partial charge in [-0.15, -0.1) is 0 Å². The van der Waals surface area contributed by atoms with E-state index in [4.69, 9.17) is 0 Å². The molecule has 1 amide bonds. The smallest absolute Gasteiger partial charge is 0.261 e. The van der Waals surface area contributed by atoms with Crippen molar-refractivity contribution in [3.63, 3.8) is 0 Å². The lowest BCUT2D eigenvalue weighted by molar-refractivity contribution is -0.122. The first-order chi connectivity index (χ1) is 12.8. The van der Waals surface area contributed by atoms with E-state index in [1.165, 1.54) is 17.0 Å². The van der Waals surface area contributed by atoms with Gasteiger partial charge in [0.15, 0.2) is 0 Å². The Labute approximate surface area is 162 Å². The quantitative estimate of drug-likeness (QED) is 0.664. The fourth-order valence-corrected chi connectivity index (χ4v) is 3.12. The number of nitrogens with zero attached hydrogens (tertiary/aromatic N) is 2. The topological polar surface area (TPSA) is 64.0 Å². The molecule has 5 nitrogen and oxygen atoms in total. The number of rotatable bonds is 5. The summed E-state index contributed by atoms with van der Waals surface area (Å²) in [6, 6.07) is 7.79. The maximum Gasteiger partial charge on any atom is 0.261 e. The van der Waals surface area contributed by atoms with Crippen LogP contribution in [0.25, 0.3) is 10.9 Å². The van der Waals surface area contributed by atoms with E-state index in [1.54, 1.807) is 25.1 Å². The van der Waals surface area contributed by atoms with Crippen LogP contribution in [0.1, 0.15) is 24.9 Å². The van der Waals surface area contributed by atoms with E-state index in [0.717, 1.165) is 16.6 Å². The van der Waals surface area contributed by atoms with Gasteiger partial charge < -0.3 is 5.32 Å². The van der Waals surface area contributed by atoms with Crippen LogP contribution in [0, 0.1) is 11.6 Å². The molecule has 0 spiro atoms. The minimum Gasteiger partial charge on any atom is -0.349 e. The lowest BCUT2D eigenvalue weighted by Crippen LogP contribution is -2.30. The van der Waals surface area contributed by atoms with Gasteiger partial charge in [-0.3, -0.25) is 14.2 Å². The number of aromatic nitrogens is 2. The van der Waals surface area contributed by atoms with E-state index in [0.29, 0.717) is 10.9 Å². The molecule has 3 rings (SSSR count). The van der Waals surface area contributed by atoms with Crippen molar-refractivity contribution >= 4 is 32.7 Å². The molecule has 1 N–H and O–H groups in total. The first-order valence-corrected chi connectivity index (χ1v) is 9.03. The van der Waals surface area contributed by atoms with Crippen LogP contribution < -0.4 is 10.9 Å². The largest absolute Gasteiger partial charge is 0.349 e. The molecular formula is C19H16BrF2N3O2. The van der Waals surface area contributed by atoms with Gasteiger partial charge in [0, 0.05) is 29.1 Å². The molecule has 1 heterocycles. The lowest BCUT2D eigenvalue weighted by atomic mass is 10.1. The van der Waals surface area contributed by atoms with Gasteiger partial charge in [0.25, 0.3) is 5.56 Å². The van der Waals surface area contributed by atoms with Crippen LogP contribution in [-0.4, -0.2) is 15.5 Å².